The first kappa shape index (κ1) is 24.7. The van der Waals surface area contributed by atoms with Crippen molar-refractivity contribution in [2.24, 2.45) is 29.1 Å². The number of aliphatic hydroxyl groups is 3. The molecule has 3 fully saturated rings. The average Bonchev–Trinajstić information content (AvgIpc) is 3.04. The van der Waals surface area contributed by atoms with Crippen LogP contribution in [0.15, 0.2) is 35.5 Å². The second kappa shape index (κ2) is 9.53. The molecule has 0 aromatic carbocycles. The van der Waals surface area contributed by atoms with E-state index in [1.165, 1.54) is 32.1 Å². The Morgan fingerprint density at radius 3 is 2.61 bits per heavy atom. The first-order valence-corrected chi connectivity index (χ1v) is 12.6. The van der Waals surface area contributed by atoms with E-state index in [1.807, 2.05) is 20.8 Å². The fourth-order valence-corrected chi connectivity index (χ4v) is 6.91. The van der Waals surface area contributed by atoms with Crippen LogP contribution in [0, 0.1) is 29.1 Å². The monoisotopic (exact) mass is 430 g/mol. The summed E-state index contributed by atoms with van der Waals surface area (Å²) in [6.45, 7) is 14.8. The standard InChI is InChI=1S/C28H46O3/c1-18(9-7-15-27(4,5)31)23-13-14-24-21(10-8-16-28(23,24)6)11-12-22-17-25(29)20(3)26(30)19(22)2/h11-12,18,20,23-26,29-31H,2,7-10,13-17H2,1,3-6H3/b21-11+,22-12-/t18-,20+,23+,24?,25-,26+,28+/m0/s1. The molecule has 7 atom stereocenters. The van der Waals surface area contributed by atoms with Gasteiger partial charge in [0, 0.05) is 5.92 Å². The zero-order chi connectivity index (χ0) is 23.0. The molecule has 176 valence electrons. The molecule has 1 unspecified atom stereocenters. The largest absolute Gasteiger partial charge is 0.392 e. The third kappa shape index (κ3) is 5.37. The van der Waals surface area contributed by atoms with Crippen LogP contribution in [0.5, 0.6) is 0 Å². The highest BCUT2D eigenvalue weighted by atomic mass is 16.3. The van der Waals surface area contributed by atoms with Crippen LogP contribution in [0.25, 0.3) is 0 Å². The predicted octanol–water partition coefficient (Wildman–Crippen LogP) is 5.95. The van der Waals surface area contributed by atoms with Crippen molar-refractivity contribution in [1.29, 1.82) is 0 Å². The lowest BCUT2D eigenvalue weighted by molar-refractivity contribution is 0.0283. The zero-order valence-electron chi connectivity index (χ0n) is 20.5. The van der Waals surface area contributed by atoms with E-state index >= 15 is 0 Å². The summed E-state index contributed by atoms with van der Waals surface area (Å²) in [5.74, 6) is 1.94. The molecule has 3 nitrogen and oxygen atoms in total. The van der Waals surface area contributed by atoms with Crippen LogP contribution in [0.4, 0.5) is 0 Å². The SMILES string of the molecule is C=C1/C(=C\C=C2/CCC[C@@]3(C)C2CC[C@@H]3[C@@H](C)CCCC(C)(C)O)C[C@H](O)[C@@H](C)[C@@H]1O. The van der Waals surface area contributed by atoms with E-state index in [4.69, 9.17) is 0 Å². The van der Waals surface area contributed by atoms with Gasteiger partial charge in [-0.1, -0.05) is 57.9 Å². The van der Waals surface area contributed by atoms with Crippen LogP contribution in [-0.2, 0) is 0 Å². The van der Waals surface area contributed by atoms with Crippen LogP contribution in [-0.4, -0.2) is 33.1 Å². The van der Waals surface area contributed by atoms with Crippen LogP contribution in [0.1, 0.15) is 92.4 Å². The minimum atomic E-state index is -0.648. The quantitative estimate of drug-likeness (QED) is 0.488. The number of hydrogen-bond acceptors (Lipinski definition) is 3. The molecule has 0 heterocycles. The Bertz CT molecular complexity index is 712. The average molecular weight is 431 g/mol. The first-order valence-electron chi connectivity index (χ1n) is 12.6. The van der Waals surface area contributed by atoms with Crippen molar-refractivity contribution < 1.29 is 15.3 Å². The molecule has 0 aromatic heterocycles. The normalized spacial score (nSPS) is 40.4. The summed E-state index contributed by atoms with van der Waals surface area (Å²) in [7, 11) is 0. The Kier molecular flexibility index (Phi) is 7.61. The lowest BCUT2D eigenvalue weighted by Gasteiger charge is -2.44. The van der Waals surface area contributed by atoms with Gasteiger partial charge in [0.05, 0.1) is 17.8 Å². The molecule has 3 aliphatic rings. The van der Waals surface area contributed by atoms with Gasteiger partial charge in [0.1, 0.15) is 0 Å². The maximum absolute atomic E-state index is 10.4. The highest BCUT2D eigenvalue weighted by molar-refractivity contribution is 5.39. The molecule has 3 heteroatoms. The van der Waals surface area contributed by atoms with Crippen LogP contribution in [0.3, 0.4) is 0 Å². The molecule has 3 aliphatic carbocycles. The van der Waals surface area contributed by atoms with Gasteiger partial charge in [-0.05, 0) is 93.1 Å². The van der Waals surface area contributed by atoms with Crippen molar-refractivity contribution >= 4 is 0 Å². The summed E-state index contributed by atoms with van der Waals surface area (Å²) in [5, 5.41) is 30.7. The highest BCUT2D eigenvalue weighted by Gasteiger charge is 2.50. The summed E-state index contributed by atoms with van der Waals surface area (Å²) in [4.78, 5) is 0. The summed E-state index contributed by atoms with van der Waals surface area (Å²) >= 11 is 0. The van der Waals surface area contributed by atoms with Gasteiger partial charge in [-0.2, -0.15) is 0 Å². The fourth-order valence-electron chi connectivity index (χ4n) is 6.91. The van der Waals surface area contributed by atoms with Crippen LogP contribution < -0.4 is 0 Å². The molecule has 0 spiro atoms. The van der Waals surface area contributed by atoms with E-state index in [9.17, 15) is 15.3 Å². The summed E-state index contributed by atoms with van der Waals surface area (Å²) in [6.07, 6.45) is 13.4. The van der Waals surface area contributed by atoms with Crippen molar-refractivity contribution in [1.82, 2.24) is 0 Å². The van der Waals surface area contributed by atoms with Crippen molar-refractivity contribution in [3.63, 3.8) is 0 Å². The Morgan fingerprint density at radius 1 is 1.23 bits per heavy atom. The van der Waals surface area contributed by atoms with Gasteiger partial charge < -0.3 is 15.3 Å². The van der Waals surface area contributed by atoms with Crippen molar-refractivity contribution in [2.75, 3.05) is 0 Å². The Balaban J connectivity index is 1.71. The van der Waals surface area contributed by atoms with Gasteiger partial charge in [-0.3, -0.25) is 0 Å². The molecule has 0 aliphatic heterocycles. The van der Waals surface area contributed by atoms with Crippen molar-refractivity contribution in [3.05, 3.63) is 35.5 Å². The van der Waals surface area contributed by atoms with E-state index < -0.39 is 17.8 Å². The van der Waals surface area contributed by atoms with E-state index in [-0.39, 0.29) is 5.92 Å². The van der Waals surface area contributed by atoms with Crippen LogP contribution >= 0.6 is 0 Å². The Morgan fingerprint density at radius 2 is 1.94 bits per heavy atom. The smallest absolute Gasteiger partial charge is 0.0837 e. The maximum Gasteiger partial charge on any atom is 0.0837 e. The van der Waals surface area contributed by atoms with Gasteiger partial charge in [-0.15, -0.1) is 0 Å². The molecule has 31 heavy (non-hydrogen) atoms. The lowest BCUT2D eigenvalue weighted by Crippen LogP contribution is -2.36. The molecule has 0 aromatic rings. The molecular weight excluding hydrogens is 384 g/mol. The Hall–Kier alpha value is -0.900. The zero-order valence-corrected chi connectivity index (χ0v) is 20.5. The molecule has 0 amide bonds. The van der Waals surface area contributed by atoms with E-state index in [0.717, 1.165) is 36.3 Å². The van der Waals surface area contributed by atoms with Crippen molar-refractivity contribution in [2.45, 2.75) is 110 Å². The molecule has 0 bridgehead atoms. The minimum Gasteiger partial charge on any atom is -0.392 e. The van der Waals surface area contributed by atoms with Gasteiger partial charge in [0.25, 0.3) is 0 Å². The lowest BCUT2D eigenvalue weighted by atomic mass is 9.60. The highest BCUT2D eigenvalue weighted by Crippen LogP contribution is 2.60. The van der Waals surface area contributed by atoms with E-state index in [2.05, 4.69) is 32.6 Å². The molecule has 3 rings (SSSR count). The number of allylic oxidation sites excluding steroid dienone is 3. The molecule has 0 saturated heterocycles. The van der Waals surface area contributed by atoms with Crippen LogP contribution in [0.2, 0.25) is 0 Å². The number of hydrogen-bond donors (Lipinski definition) is 3. The molecule has 3 N–H and O–H groups in total. The Labute approximate surface area is 190 Å². The number of aliphatic hydroxyl groups excluding tert-OH is 2. The number of fused-ring (bicyclic) bond motifs is 1. The van der Waals surface area contributed by atoms with Crippen molar-refractivity contribution in [3.8, 4) is 0 Å². The van der Waals surface area contributed by atoms with Gasteiger partial charge in [-0.25, -0.2) is 0 Å². The summed E-state index contributed by atoms with van der Waals surface area (Å²) < 4.78 is 0. The maximum atomic E-state index is 10.4. The minimum absolute atomic E-state index is 0.149. The summed E-state index contributed by atoms with van der Waals surface area (Å²) in [5.41, 5.74) is 3.15. The van der Waals surface area contributed by atoms with Gasteiger partial charge >= 0.3 is 0 Å². The third-order valence-electron chi connectivity index (χ3n) is 8.97. The molecule has 0 radical (unpaired) electrons. The summed E-state index contributed by atoms with van der Waals surface area (Å²) in [6, 6.07) is 0. The van der Waals surface area contributed by atoms with Gasteiger partial charge in [0.15, 0.2) is 0 Å². The topological polar surface area (TPSA) is 60.7 Å². The second-order valence-corrected chi connectivity index (χ2v) is 11.8. The second-order valence-electron chi connectivity index (χ2n) is 11.8. The third-order valence-corrected chi connectivity index (χ3v) is 8.97. The van der Waals surface area contributed by atoms with E-state index in [0.29, 0.717) is 23.7 Å². The molecule has 3 saturated carbocycles. The van der Waals surface area contributed by atoms with Gasteiger partial charge in [0.2, 0.25) is 0 Å². The fraction of sp³-hybridized carbons (Fsp3) is 0.786. The predicted molar refractivity (Wildman–Crippen MR) is 129 cm³/mol. The number of rotatable bonds is 6. The molecular formula is C28H46O3. The first-order chi connectivity index (χ1) is 14.4. The van der Waals surface area contributed by atoms with E-state index in [1.54, 1.807) is 5.57 Å².